The minimum absolute atomic E-state index is 0.0464. The lowest BCUT2D eigenvalue weighted by Gasteiger charge is -2.27. The van der Waals surface area contributed by atoms with Gasteiger partial charge < -0.3 is 138 Å². The molecule has 25 N–H and O–H groups in total. The van der Waals surface area contributed by atoms with Crippen LogP contribution in [0.4, 0.5) is 23.3 Å². The number of nitrogens with one attached hydrogen (secondary N) is 1. The van der Waals surface area contributed by atoms with Gasteiger partial charge in [0.1, 0.15) is 155 Å². The summed E-state index contributed by atoms with van der Waals surface area (Å²) >= 11 is 5.00. The Kier molecular flexibility index (Phi) is 21.4. The van der Waals surface area contributed by atoms with Gasteiger partial charge in [-0.25, -0.2) is 39.9 Å². The van der Waals surface area contributed by atoms with Crippen molar-refractivity contribution in [3.63, 3.8) is 0 Å². The minimum Gasteiger partial charge on any atom is -0.409 e. The molecule has 4 aliphatic rings. The summed E-state index contributed by atoms with van der Waals surface area (Å²) in [7, 11) is 0. The molecule has 0 radical (unpaired) electrons. The van der Waals surface area contributed by atoms with Crippen LogP contribution >= 0.6 is 12.2 Å². The van der Waals surface area contributed by atoms with E-state index in [0.717, 1.165) is 5.57 Å². The van der Waals surface area contributed by atoms with Crippen LogP contribution in [-0.4, -0.2) is 242 Å². The molecule has 96 heavy (non-hydrogen) atoms. The van der Waals surface area contributed by atoms with Crippen LogP contribution in [0.1, 0.15) is 72.7 Å². The van der Waals surface area contributed by atoms with Gasteiger partial charge in [0.2, 0.25) is 0 Å². The van der Waals surface area contributed by atoms with Crippen molar-refractivity contribution in [2.75, 3.05) is 55.5 Å². The van der Waals surface area contributed by atoms with E-state index in [1.165, 1.54) is 69.1 Å². The quantitative estimate of drug-likeness (QED) is 0.00531. The number of nitrogens with two attached hydrogens (primary N) is 6. The standard InChI is InChI=1S/C17H24N6O5.C13H15N5O4.C12H14N8O4.C12H15N5O4S/c1-8(2)3-4-19-15-11-9(14(18)22-27)5-23(16(11)21-7-20-15)17-13(26)12(25)10(6-24)28-17;1-13(21)9(20)7(4-19)22-12(13)18-3-6(2-14)8-10(15)16-5-17-11(8)18;13-9-6-4(10(14)23)1-20(11(6)17-3-16-9)12-7(18-19-15)8(22)5(2-21)24-12;13-9-6-4(10(14)22)1-17(11(6)16-3-15-9)12-8(20)7(19)5(2-18)21-12/h3,5,7,10,12-13,17,24-27H,4,6H2,1-2H3,(H2,18,22)(H,19,20,21);3,5,7,9,12,19-21H,4H2,1H3,(H2,15,16,17);1,3,5,7-8,12,21-22H,2H2,(H2,14,23)(H2,13,16,17);1,3,5,7-8,12,18-20H,2H2,(H2,14,22)(H2,13,15,16)/t10-,12-,13-,17-;7-,9-,12-,13-;5?,7-,8?,12?;5-,7-,8-,12?/m1101/s1. The number of azide groups is 1. The molecule has 4 aliphatic heterocycles. The highest BCUT2D eigenvalue weighted by Crippen LogP contribution is 2.42. The molecule has 0 aromatic carbocycles. The SMILES string of the molecule is CC(C)=CCNc1ncnc2c1c(/C(N)=N\O)cn2[C@@H]1O[C@H](CO)[C@@H](O)[C@H]1O.C[C@@]1(O)[C@H](O)[C@@H](CO)O[C@H]1n1cc(C#N)c2c(N)ncnc21.NC(=S)c1cn(C2O[C@H](CO)[C@@H](O)[C@H]2O)c2ncnc(N)c12.[N-]=[N+]=N[C@H]1C(O)C(CO)OC1n1cc(C(N)=O)c2c(N)ncnc21. The molecule has 0 bridgehead atoms. The number of carbonyl (C=O) groups is 1. The number of primary amides is 1. The molecule has 4 unspecified atom stereocenters. The van der Waals surface area contributed by atoms with Crippen LogP contribution in [0.5, 0.6) is 0 Å². The third-order valence-electron chi connectivity index (χ3n) is 16.1. The van der Waals surface area contributed by atoms with Gasteiger partial charge in [-0.05, 0) is 26.3 Å². The number of aromatic nitrogens is 12. The summed E-state index contributed by atoms with van der Waals surface area (Å²) in [6.07, 6.45) is -2.49. The zero-order valence-electron chi connectivity index (χ0n) is 50.8. The van der Waals surface area contributed by atoms with Crippen LogP contribution < -0.4 is 39.7 Å². The van der Waals surface area contributed by atoms with Crippen LogP contribution in [0, 0.1) is 11.3 Å². The normalized spacial score (nSPS) is 27.7. The largest absolute Gasteiger partial charge is 0.409 e. The molecular weight excluding hydrogens is 1290 g/mol. The van der Waals surface area contributed by atoms with Crippen LogP contribution in [-0.2, 0) is 18.9 Å². The van der Waals surface area contributed by atoms with E-state index in [1.54, 1.807) is 6.20 Å². The number of nitriles is 1. The first-order valence-electron chi connectivity index (χ1n) is 28.7. The fourth-order valence-corrected chi connectivity index (χ4v) is 11.4. The van der Waals surface area contributed by atoms with Gasteiger partial charge in [-0.15, -0.1) is 0 Å². The lowest BCUT2D eigenvalue weighted by atomic mass is 9.96. The molecule has 4 saturated heterocycles. The molecule has 12 heterocycles. The predicted molar refractivity (Wildman–Crippen MR) is 336 cm³/mol. The molecule has 0 saturated carbocycles. The smallest absolute Gasteiger partial charge is 0.251 e. The molecule has 42 heteroatoms. The lowest BCUT2D eigenvalue weighted by molar-refractivity contribution is -0.0948. The Labute approximate surface area is 544 Å². The van der Waals surface area contributed by atoms with Crippen molar-refractivity contribution in [3.8, 4) is 6.07 Å². The zero-order valence-corrected chi connectivity index (χ0v) is 51.6. The van der Waals surface area contributed by atoms with Crippen molar-refractivity contribution in [1.82, 2.24) is 58.1 Å². The summed E-state index contributed by atoms with van der Waals surface area (Å²) in [5, 5.41) is 138. The number of ether oxygens (including phenoxy) is 4. The lowest BCUT2D eigenvalue weighted by Crippen LogP contribution is -2.44. The third kappa shape index (κ3) is 13.1. The second kappa shape index (κ2) is 29.1. The maximum atomic E-state index is 11.7. The van der Waals surface area contributed by atoms with Gasteiger partial charge in [0, 0.05) is 41.8 Å². The average Bonchev–Trinajstić information content (AvgIpc) is 1.61. The monoisotopic (exact) mass is 1360 g/mol. The number of amides is 1. The van der Waals surface area contributed by atoms with E-state index in [9.17, 15) is 66.2 Å². The molecule has 0 aliphatic carbocycles. The first-order valence-corrected chi connectivity index (χ1v) is 29.1. The molecule has 8 aromatic heterocycles. The summed E-state index contributed by atoms with van der Waals surface area (Å²) in [6.45, 7) is 4.03. The number of nitrogen functional groups attached to an aromatic ring is 3. The topological polar surface area (TPSA) is 673 Å². The summed E-state index contributed by atoms with van der Waals surface area (Å²) < 4.78 is 27.9. The van der Waals surface area contributed by atoms with Gasteiger partial charge in [0.05, 0.1) is 70.8 Å². The second-order valence-corrected chi connectivity index (χ2v) is 22.8. The molecule has 41 nitrogen and oxygen atoms in total. The molecule has 4 fully saturated rings. The number of anilines is 4. The maximum Gasteiger partial charge on any atom is 0.251 e. The average molecular weight is 1360 g/mol. The number of hydrogen-bond acceptors (Lipinski definition) is 33. The summed E-state index contributed by atoms with van der Waals surface area (Å²) in [6, 6.07) is 0.947. The van der Waals surface area contributed by atoms with Crippen molar-refractivity contribution in [3.05, 3.63) is 94.4 Å². The summed E-state index contributed by atoms with van der Waals surface area (Å²) in [5.41, 5.74) is 44.8. The summed E-state index contributed by atoms with van der Waals surface area (Å²) in [5.74, 6) is -0.0939. The van der Waals surface area contributed by atoms with Gasteiger partial charge in [-0.2, -0.15) is 5.26 Å². The second-order valence-electron chi connectivity index (χ2n) is 22.4. The number of hydrogen-bond donors (Lipinski definition) is 19. The third-order valence-corrected chi connectivity index (χ3v) is 16.3. The van der Waals surface area contributed by atoms with E-state index in [2.05, 4.69) is 60.4 Å². The van der Waals surface area contributed by atoms with Crippen molar-refractivity contribution in [2.24, 2.45) is 27.5 Å². The molecular formula is C54H68N24O17S. The van der Waals surface area contributed by atoms with E-state index >= 15 is 0 Å². The van der Waals surface area contributed by atoms with Crippen molar-refractivity contribution < 1.29 is 85.1 Å². The zero-order chi connectivity index (χ0) is 69.9. The van der Waals surface area contributed by atoms with Gasteiger partial charge in [0.25, 0.3) is 5.91 Å². The van der Waals surface area contributed by atoms with E-state index < -0.39 is 130 Å². The Hall–Kier alpha value is -9.75. The first kappa shape index (κ1) is 70.6. The van der Waals surface area contributed by atoms with Crippen LogP contribution in [0.3, 0.4) is 0 Å². The number of fused-ring (bicyclic) bond motifs is 4. The Morgan fingerprint density at radius 1 is 0.656 bits per heavy atom. The minimum atomic E-state index is -1.67. The number of thiocarbonyl (C=S) groups is 1. The van der Waals surface area contributed by atoms with E-state index in [4.69, 9.17) is 76.3 Å². The predicted octanol–water partition coefficient (Wildman–Crippen LogP) is -4.30. The maximum absolute atomic E-state index is 11.7. The van der Waals surface area contributed by atoms with Crippen molar-refractivity contribution in [1.29, 1.82) is 5.26 Å². The van der Waals surface area contributed by atoms with Crippen LogP contribution in [0.15, 0.2) is 72.0 Å². The number of carbonyl (C=O) groups excluding carboxylic acids is 1. The van der Waals surface area contributed by atoms with Gasteiger partial charge >= 0.3 is 0 Å². The van der Waals surface area contributed by atoms with E-state index in [-0.39, 0.29) is 50.4 Å². The van der Waals surface area contributed by atoms with Crippen LogP contribution in [0.2, 0.25) is 0 Å². The van der Waals surface area contributed by atoms with Crippen molar-refractivity contribution >= 4 is 96.4 Å². The number of aliphatic hydroxyl groups is 11. The fourth-order valence-electron chi connectivity index (χ4n) is 11.3. The molecule has 0 spiro atoms. The molecule has 12 rings (SSSR count). The Morgan fingerprint density at radius 2 is 1.10 bits per heavy atom. The Morgan fingerprint density at radius 3 is 1.56 bits per heavy atom. The molecule has 8 aromatic rings. The van der Waals surface area contributed by atoms with Gasteiger partial charge in [0.15, 0.2) is 24.5 Å². The van der Waals surface area contributed by atoms with Crippen molar-refractivity contribution in [2.45, 2.75) is 118 Å². The molecule has 512 valence electrons. The first-order chi connectivity index (χ1) is 45.7. The number of allylic oxidation sites excluding steroid dienone is 1. The molecule has 1 amide bonds. The van der Waals surface area contributed by atoms with Gasteiger partial charge in [-0.3, -0.25) is 4.79 Å². The highest BCUT2D eigenvalue weighted by Gasteiger charge is 2.54. The number of oxime groups is 1. The van der Waals surface area contributed by atoms with E-state index in [0.29, 0.717) is 56.6 Å². The molecule has 16 atom stereocenters. The van der Waals surface area contributed by atoms with E-state index in [1.807, 2.05) is 26.0 Å². The fraction of sp³-hybridized carbons (Fsp3) is 0.444. The number of nitrogens with zero attached hydrogens (tertiary/aromatic N) is 17. The summed E-state index contributed by atoms with van der Waals surface area (Å²) in [4.78, 5) is 46.8. The van der Waals surface area contributed by atoms with Gasteiger partial charge in [-0.1, -0.05) is 34.1 Å². The van der Waals surface area contributed by atoms with Crippen LogP contribution in [0.25, 0.3) is 54.6 Å². The highest BCUT2D eigenvalue weighted by molar-refractivity contribution is 7.80. The highest BCUT2D eigenvalue weighted by atomic mass is 32.1. The number of rotatable bonds is 15. The number of amidine groups is 1. The Bertz CT molecular complexity index is 4340. The Balaban J connectivity index is 0.000000151. The number of aliphatic hydroxyl groups excluding tert-OH is 10.